The lowest BCUT2D eigenvalue weighted by molar-refractivity contribution is -0.957. The Balaban J connectivity index is 1.51. The van der Waals surface area contributed by atoms with E-state index in [1.54, 1.807) is 0 Å². The van der Waals surface area contributed by atoms with Crippen molar-refractivity contribution in [1.29, 1.82) is 0 Å². The Labute approximate surface area is 149 Å². The van der Waals surface area contributed by atoms with E-state index in [9.17, 15) is 0 Å². The van der Waals surface area contributed by atoms with Gasteiger partial charge in [-0.2, -0.15) is 4.68 Å². The fourth-order valence-electron chi connectivity index (χ4n) is 4.68. The molecule has 0 atom stereocenters. The molecular formula is C19H29N6+. The second-order valence-corrected chi connectivity index (χ2v) is 7.61. The Morgan fingerprint density at radius 2 is 1.68 bits per heavy atom. The van der Waals surface area contributed by atoms with Gasteiger partial charge in [-0.15, -0.1) is 0 Å². The third kappa shape index (κ3) is 3.54. The minimum atomic E-state index is 0.353. The number of benzene rings is 1. The fourth-order valence-corrected chi connectivity index (χ4v) is 4.68. The van der Waals surface area contributed by atoms with Gasteiger partial charge in [-0.05, 0) is 54.7 Å². The molecule has 1 aliphatic carbocycles. The monoisotopic (exact) mass is 341 g/mol. The van der Waals surface area contributed by atoms with Crippen LogP contribution in [0.1, 0.15) is 51.4 Å². The van der Waals surface area contributed by atoms with Crippen LogP contribution >= 0.6 is 0 Å². The number of anilines is 1. The molecule has 0 amide bonds. The lowest BCUT2D eigenvalue weighted by Crippen LogP contribution is -3.21. The highest BCUT2D eigenvalue weighted by atomic mass is 15.6. The van der Waals surface area contributed by atoms with Gasteiger partial charge >= 0.3 is 0 Å². The van der Waals surface area contributed by atoms with E-state index in [-0.39, 0.29) is 0 Å². The van der Waals surface area contributed by atoms with E-state index in [0.717, 1.165) is 18.2 Å². The summed E-state index contributed by atoms with van der Waals surface area (Å²) in [5, 5.41) is 15.9. The normalized spacial score (nSPS) is 21.1. The van der Waals surface area contributed by atoms with Crippen molar-refractivity contribution in [3.63, 3.8) is 0 Å². The van der Waals surface area contributed by atoms with Crippen LogP contribution in [0.5, 0.6) is 0 Å². The first-order chi connectivity index (χ1) is 12.4. The number of nitrogens with one attached hydrogen (secondary N) is 2. The minimum Gasteiger partial charge on any atom is -0.346 e. The highest BCUT2D eigenvalue weighted by molar-refractivity contribution is 5.38. The van der Waals surface area contributed by atoms with E-state index in [4.69, 9.17) is 0 Å². The van der Waals surface area contributed by atoms with Gasteiger partial charge in [0.05, 0.1) is 25.3 Å². The smallest absolute Gasteiger partial charge is 0.247 e. The minimum absolute atomic E-state index is 0.353. The highest BCUT2D eigenvalue weighted by Gasteiger charge is 2.42. The van der Waals surface area contributed by atoms with Crippen LogP contribution in [0.4, 0.5) is 5.95 Å². The number of para-hydroxylation sites is 1. The molecule has 6 heteroatoms. The number of nitrogens with zero attached hydrogens (tertiary/aromatic N) is 4. The number of quaternary nitrogens is 1. The number of rotatable bonds is 5. The predicted octanol–water partition coefficient (Wildman–Crippen LogP) is 1.85. The molecule has 1 aliphatic heterocycles. The van der Waals surface area contributed by atoms with Crippen molar-refractivity contribution < 1.29 is 4.90 Å². The summed E-state index contributed by atoms with van der Waals surface area (Å²) < 4.78 is 1.81. The fraction of sp³-hybridized carbons (Fsp3) is 0.632. The maximum Gasteiger partial charge on any atom is 0.247 e. The molecule has 6 nitrogen and oxygen atoms in total. The van der Waals surface area contributed by atoms with Crippen LogP contribution in [-0.4, -0.2) is 45.4 Å². The third-order valence-electron chi connectivity index (χ3n) is 6.07. The first kappa shape index (κ1) is 16.5. The summed E-state index contributed by atoms with van der Waals surface area (Å²) >= 11 is 0. The van der Waals surface area contributed by atoms with E-state index in [1.807, 2.05) is 39.9 Å². The Kier molecular flexibility index (Phi) is 4.97. The summed E-state index contributed by atoms with van der Waals surface area (Å²) in [4.78, 5) is 1.81. The van der Waals surface area contributed by atoms with Gasteiger partial charge in [-0.25, -0.2) is 0 Å². The second kappa shape index (κ2) is 7.52. The molecule has 0 unspecified atom stereocenters. The summed E-state index contributed by atoms with van der Waals surface area (Å²) in [5.74, 6) is 0.757. The number of aromatic nitrogens is 4. The quantitative estimate of drug-likeness (QED) is 0.871. The van der Waals surface area contributed by atoms with Crippen LogP contribution in [0.3, 0.4) is 0 Å². The first-order valence-corrected chi connectivity index (χ1v) is 9.80. The molecule has 4 rings (SSSR count). The van der Waals surface area contributed by atoms with Crippen molar-refractivity contribution >= 4 is 5.95 Å². The maximum atomic E-state index is 4.23. The Hall–Kier alpha value is -1.95. The van der Waals surface area contributed by atoms with E-state index >= 15 is 0 Å². The molecule has 1 aromatic carbocycles. The molecule has 2 heterocycles. The molecule has 134 valence electrons. The lowest BCUT2D eigenvalue weighted by Gasteiger charge is -2.45. The number of piperidine rings is 1. The first-order valence-electron chi connectivity index (χ1n) is 9.80. The zero-order chi connectivity index (χ0) is 17.0. The van der Waals surface area contributed by atoms with Gasteiger partial charge < -0.3 is 10.2 Å². The molecule has 0 bridgehead atoms. The molecule has 0 radical (unpaired) electrons. The Bertz CT molecular complexity index is 656. The standard InChI is InChI=1S/C19H28N6/c1-4-10-17(11-5-1)25-18(21-22-23-25)20-16-19(12-6-2-7-13-19)24-14-8-3-9-15-24/h1,4-5,10-11H,2-3,6-9,12-16H2,(H,20,21,23)/p+1. The predicted molar refractivity (Wildman–Crippen MR) is 98.0 cm³/mol. The van der Waals surface area contributed by atoms with Crippen LogP contribution in [0.15, 0.2) is 30.3 Å². The van der Waals surface area contributed by atoms with E-state index in [2.05, 4.69) is 20.8 Å². The van der Waals surface area contributed by atoms with Crippen LogP contribution in [-0.2, 0) is 0 Å². The molecule has 25 heavy (non-hydrogen) atoms. The van der Waals surface area contributed by atoms with Gasteiger partial charge in [0.2, 0.25) is 5.95 Å². The molecule has 2 aliphatic rings. The molecule has 0 spiro atoms. The van der Waals surface area contributed by atoms with Crippen LogP contribution in [0, 0.1) is 0 Å². The summed E-state index contributed by atoms with van der Waals surface area (Å²) in [5.41, 5.74) is 1.35. The summed E-state index contributed by atoms with van der Waals surface area (Å²) in [6, 6.07) is 10.1. The SMILES string of the molecule is c1ccc(-n2nnnc2NCC2([NH+]3CCCCC3)CCCCC2)cc1. The molecular weight excluding hydrogens is 312 g/mol. The van der Waals surface area contributed by atoms with Crippen LogP contribution in [0.25, 0.3) is 5.69 Å². The van der Waals surface area contributed by atoms with Gasteiger partial charge in [0.1, 0.15) is 5.54 Å². The van der Waals surface area contributed by atoms with Crippen molar-refractivity contribution in [2.75, 3.05) is 25.0 Å². The van der Waals surface area contributed by atoms with Gasteiger partial charge in [0.15, 0.2) is 0 Å². The zero-order valence-electron chi connectivity index (χ0n) is 15.0. The maximum absolute atomic E-state index is 4.23. The summed E-state index contributed by atoms with van der Waals surface area (Å²) in [7, 11) is 0. The molecule has 1 saturated carbocycles. The average molecular weight is 341 g/mol. The van der Waals surface area contributed by atoms with Crippen molar-refractivity contribution in [2.24, 2.45) is 0 Å². The van der Waals surface area contributed by atoms with Crippen molar-refractivity contribution in [2.45, 2.75) is 56.9 Å². The zero-order valence-corrected chi connectivity index (χ0v) is 15.0. The molecule has 1 saturated heterocycles. The highest BCUT2D eigenvalue weighted by Crippen LogP contribution is 2.27. The number of tetrazole rings is 1. The van der Waals surface area contributed by atoms with Crippen molar-refractivity contribution in [3.8, 4) is 5.69 Å². The van der Waals surface area contributed by atoms with Crippen molar-refractivity contribution in [1.82, 2.24) is 20.2 Å². The Morgan fingerprint density at radius 3 is 2.44 bits per heavy atom. The van der Waals surface area contributed by atoms with Crippen molar-refractivity contribution in [3.05, 3.63) is 30.3 Å². The largest absolute Gasteiger partial charge is 0.346 e. The Morgan fingerprint density at radius 1 is 0.960 bits per heavy atom. The van der Waals surface area contributed by atoms with E-state index in [1.165, 1.54) is 64.5 Å². The van der Waals surface area contributed by atoms with Crippen LogP contribution < -0.4 is 10.2 Å². The topological polar surface area (TPSA) is 60.1 Å². The number of likely N-dealkylation sites (tertiary alicyclic amines) is 1. The molecule has 1 aromatic heterocycles. The lowest BCUT2D eigenvalue weighted by atomic mass is 9.79. The van der Waals surface area contributed by atoms with Gasteiger partial charge in [0, 0.05) is 12.8 Å². The summed E-state index contributed by atoms with van der Waals surface area (Å²) in [6.45, 7) is 3.62. The van der Waals surface area contributed by atoms with Gasteiger partial charge in [-0.3, -0.25) is 0 Å². The summed E-state index contributed by atoms with van der Waals surface area (Å²) in [6.07, 6.45) is 10.9. The molecule has 2 fully saturated rings. The average Bonchev–Trinajstić information content (AvgIpc) is 3.17. The number of hydrogen-bond acceptors (Lipinski definition) is 4. The van der Waals surface area contributed by atoms with Gasteiger partial charge in [0.25, 0.3) is 0 Å². The van der Waals surface area contributed by atoms with Crippen LogP contribution in [0.2, 0.25) is 0 Å². The molecule has 2 aromatic rings. The van der Waals surface area contributed by atoms with Gasteiger partial charge in [-0.1, -0.05) is 29.7 Å². The second-order valence-electron chi connectivity index (χ2n) is 7.61. The number of hydrogen-bond donors (Lipinski definition) is 2. The van der Waals surface area contributed by atoms with E-state index in [0.29, 0.717) is 5.54 Å². The third-order valence-corrected chi connectivity index (χ3v) is 6.07. The van der Waals surface area contributed by atoms with E-state index < -0.39 is 0 Å². The molecule has 2 N–H and O–H groups in total.